The fraction of sp³-hybridized carbons (Fsp3) is 0.278. The molecule has 5 nitrogen and oxygen atoms in total. The molecule has 3 rings (SSSR count). The smallest absolute Gasteiger partial charge is 0.272 e. The van der Waals surface area contributed by atoms with Crippen molar-refractivity contribution in [1.29, 1.82) is 0 Å². The highest BCUT2D eigenvalue weighted by atomic mass is 32.1. The Morgan fingerprint density at radius 1 is 1.29 bits per heavy atom. The van der Waals surface area contributed by atoms with Crippen LogP contribution in [0.25, 0.3) is 10.6 Å². The lowest BCUT2D eigenvalue weighted by Gasteiger charge is -2.00. The predicted octanol–water partition coefficient (Wildman–Crippen LogP) is 3.43. The molecule has 2 aromatic heterocycles. The van der Waals surface area contributed by atoms with Crippen LogP contribution in [0.2, 0.25) is 0 Å². The molecule has 0 saturated carbocycles. The Bertz CT molecular complexity index is 823. The van der Waals surface area contributed by atoms with Crippen LogP contribution in [0.3, 0.4) is 0 Å². The summed E-state index contributed by atoms with van der Waals surface area (Å²) in [6.45, 7) is 2.52. The van der Waals surface area contributed by atoms with E-state index in [0.29, 0.717) is 12.2 Å². The first kappa shape index (κ1) is 16.4. The minimum absolute atomic E-state index is 0.165. The van der Waals surface area contributed by atoms with Gasteiger partial charge in [-0.25, -0.2) is 4.98 Å². The van der Waals surface area contributed by atoms with Gasteiger partial charge in [0, 0.05) is 23.7 Å². The highest BCUT2D eigenvalue weighted by Crippen LogP contribution is 2.23. The van der Waals surface area contributed by atoms with Gasteiger partial charge in [0.25, 0.3) is 5.91 Å². The first-order chi connectivity index (χ1) is 11.7. The van der Waals surface area contributed by atoms with Crippen LogP contribution in [0.4, 0.5) is 0 Å². The number of aromatic nitrogens is 3. The predicted molar refractivity (Wildman–Crippen MR) is 95.9 cm³/mol. The summed E-state index contributed by atoms with van der Waals surface area (Å²) in [6.07, 6.45) is 1.95. The Morgan fingerprint density at radius 3 is 2.83 bits per heavy atom. The first-order valence-electron chi connectivity index (χ1n) is 7.98. The van der Waals surface area contributed by atoms with Crippen LogP contribution < -0.4 is 5.32 Å². The summed E-state index contributed by atoms with van der Waals surface area (Å²) in [5.74, 6) is -0.165. The summed E-state index contributed by atoms with van der Waals surface area (Å²) in [6, 6.07) is 11.9. The Balaban J connectivity index is 1.62. The minimum atomic E-state index is -0.165. The Kier molecular flexibility index (Phi) is 5.05. The molecule has 1 N–H and O–H groups in total. The number of nitrogens with one attached hydrogen (secondary N) is 1. The third kappa shape index (κ3) is 3.71. The third-order valence-corrected chi connectivity index (χ3v) is 4.66. The van der Waals surface area contributed by atoms with E-state index in [1.165, 1.54) is 0 Å². The maximum atomic E-state index is 12.3. The molecular formula is C18H20N4OS. The fourth-order valence-corrected chi connectivity index (χ4v) is 3.30. The summed E-state index contributed by atoms with van der Waals surface area (Å²) in [5, 5.41) is 10.1. The molecule has 2 heterocycles. The van der Waals surface area contributed by atoms with E-state index in [1.807, 2.05) is 48.8 Å². The standard InChI is InChI=1S/C18H20N4OS/c1-3-7-15-10-16(21-22(15)2)17(23)19-11-14-12-24-18(20-14)13-8-5-4-6-9-13/h4-6,8-10,12H,3,7,11H2,1-2H3,(H,19,23). The maximum Gasteiger partial charge on any atom is 0.272 e. The number of hydrogen-bond acceptors (Lipinski definition) is 4. The second-order valence-electron chi connectivity index (χ2n) is 5.59. The van der Waals surface area contributed by atoms with Gasteiger partial charge < -0.3 is 5.32 Å². The lowest BCUT2D eigenvalue weighted by molar-refractivity contribution is 0.0945. The number of carbonyl (C=O) groups is 1. The zero-order chi connectivity index (χ0) is 16.9. The highest BCUT2D eigenvalue weighted by molar-refractivity contribution is 7.13. The van der Waals surface area contributed by atoms with Crippen LogP contribution in [0, 0.1) is 0 Å². The van der Waals surface area contributed by atoms with Gasteiger partial charge in [0.2, 0.25) is 0 Å². The van der Waals surface area contributed by atoms with Crippen LogP contribution in [0.5, 0.6) is 0 Å². The van der Waals surface area contributed by atoms with Gasteiger partial charge in [-0.15, -0.1) is 11.3 Å². The van der Waals surface area contributed by atoms with Gasteiger partial charge >= 0.3 is 0 Å². The normalized spacial score (nSPS) is 10.8. The van der Waals surface area contributed by atoms with Crippen LogP contribution in [0.1, 0.15) is 35.2 Å². The summed E-state index contributed by atoms with van der Waals surface area (Å²) in [5.41, 5.74) is 3.48. The minimum Gasteiger partial charge on any atom is -0.345 e. The third-order valence-electron chi connectivity index (χ3n) is 3.72. The van der Waals surface area contributed by atoms with Gasteiger partial charge in [-0.05, 0) is 12.5 Å². The molecule has 0 aliphatic heterocycles. The number of carbonyl (C=O) groups excluding carboxylic acids is 1. The molecule has 124 valence electrons. The molecule has 1 aromatic carbocycles. The molecule has 0 fully saturated rings. The van der Waals surface area contributed by atoms with Crippen LogP contribution in [-0.2, 0) is 20.0 Å². The molecular weight excluding hydrogens is 320 g/mol. The van der Waals surface area contributed by atoms with Crippen molar-refractivity contribution in [3.05, 3.63) is 58.9 Å². The van der Waals surface area contributed by atoms with Gasteiger partial charge in [0.1, 0.15) is 10.7 Å². The van der Waals surface area contributed by atoms with Crippen LogP contribution in [-0.4, -0.2) is 20.7 Å². The molecule has 1 amide bonds. The summed E-state index contributed by atoms with van der Waals surface area (Å²) in [7, 11) is 1.87. The number of thiazole rings is 1. The van der Waals surface area contributed by atoms with Crippen molar-refractivity contribution in [3.8, 4) is 10.6 Å². The molecule has 0 radical (unpaired) electrons. The molecule has 0 spiro atoms. The molecule has 0 aliphatic rings. The topological polar surface area (TPSA) is 59.8 Å². The van der Waals surface area contributed by atoms with Gasteiger partial charge in [-0.3, -0.25) is 9.48 Å². The monoisotopic (exact) mass is 340 g/mol. The molecule has 24 heavy (non-hydrogen) atoms. The molecule has 0 bridgehead atoms. The van der Waals surface area contributed by atoms with Crippen molar-refractivity contribution in [2.75, 3.05) is 0 Å². The average molecular weight is 340 g/mol. The van der Waals surface area contributed by atoms with E-state index in [1.54, 1.807) is 16.0 Å². The van der Waals surface area contributed by atoms with Crippen LogP contribution in [0.15, 0.2) is 41.8 Å². The van der Waals surface area contributed by atoms with E-state index in [4.69, 9.17) is 0 Å². The van der Waals surface area contributed by atoms with Gasteiger partial charge in [-0.2, -0.15) is 5.10 Å². The Morgan fingerprint density at radius 2 is 2.08 bits per heavy atom. The summed E-state index contributed by atoms with van der Waals surface area (Å²) >= 11 is 1.58. The Labute approximate surface area is 145 Å². The molecule has 0 atom stereocenters. The van der Waals surface area contributed by atoms with Crippen molar-refractivity contribution in [3.63, 3.8) is 0 Å². The van der Waals surface area contributed by atoms with E-state index in [-0.39, 0.29) is 5.91 Å². The van der Waals surface area contributed by atoms with Crippen LogP contribution >= 0.6 is 11.3 Å². The second-order valence-corrected chi connectivity index (χ2v) is 6.45. The number of aryl methyl sites for hydroxylation is 2. The van der Waals surface area contributed by atoms with Gasteiger partial charge in [0.15, 0.2) is 0 Å². The molecule has 6 heteroatoms. The average Bonchev–Trinajstić information content (AvgIpc) is 3.21. The molecule has 3 aromatic rings. The largest absolute Gasteiger partial charge is 0.345 e. The molecule has 0 unspecified atom stereocenters. The zero-order valence-corrected chi connectivity index (χ0v) is 14.6. The second kappa shape index (κ2) is 7.40. The van der Waals surface area contributed by atoms with E-state index in [0.717, 1.165) is 34.8 Å². The quantitative estimate of drug-likeness (QED) is 0.748. The van der Waals surface area contributed by atoms with E-state index >= 15 is 0 Å². The number of hydrogen-bond donors (Lipinski definition) is 1. The van der Waals surface area contributed by atoms with E-state index in [9.17, 15) is 4.79 Å². The number of nitrogens with zero attached hydrogens (tertiary/aromatic N) is 3. The van der Waals surface area contributed by atoms with Crippen molar-refractivity contribution in [1.82, 2.24) is 20.1 Å². The molecule has 0 saturated heterocycles. The van der Waals surface area contributed by atoms with Gasteiger partial charge in [-0.1, -0.05) is 43.7 Å². The number of benzene rings is 1. The van der Waals surface area contributed by atoms with Crippen molar-refractivity contribution in [2.45, 2.75) is 26.3 Å². The zero-order valence-electron chi connectivity index (χ0n) is 13.8. The summed E-state index contributed by atoms with van der Waals surface area (Å²) < 4.78 is 1.77. The van der Waals surface area contributed by atoms with E-state index in [2.05, 4.69) is 22.3 Å². The highest BCUT2D eigenvalue weighted by Gasteiger charge is 2.13. The summed E-state index contributed by atoms with van der Waals surface area (Å²) in [4.78, 5) is 16.8. The number of rotatable bonds is 6. The number of amides is 1. The first-order valence-corrected chi connectivity index (χ1v) is 8.86. The lowest BCUT2D eigenvalue weighted by atomic mass is 10.2. The SMILES string of the molecule is CCCc1cc(C(=O)NCc2csc(-c3ccccc3)n2)nn1C. The Hall–Kier alpha value is -2.47. The van der Waals surface area contributed by atoms with Crippen molar-refractivity contribution >= 4 is 17.2 Å². The van der Waals surface area contributed by atoms with Gasteiger partial charge in [0.05, 0.1) is 12.2 Å². The maximum absolute atomic E-state index is 12.3. The van der Waals surface area contributed by atoms with Crippen molar-refractivity contribution in [2.24, 2.45) is 7.05 Å². The lowest BCUT2D eigenvalue weighted by Crippen LogP contribution is -2.23. The molecule has 0 aliphatic carbocycles. The fourth-order valence-electron chi connectivity index (χ4n) is 2.47. The van der Waals surface area contributed by atoms with Crippen molar-refractivity contribution < 1.29 is 4.79 Å². The van der Waals surface area contributed by atoms with E-state index < -0.39 is 0 Å².